The fourth-order valence-electron chi connectivity index (χ4n) is 2.07. The number of rotatable bonds is 7. The van der Waals surface area contributed by atoms with Crippen molar-refractivity contribution in [3.63, 3.8) is 0 Å². The Morgan fingerprint density at radius 1 is 1.13 bits per heavy atom. The van der Waals surface area contributed by atoms with Crippen molar-refractivity contribution in [2.45, 2.75) is 17.9 Å². The molecule has 0 aliphatic carbocycles. The summed E-state index contributed by atoms with van der Waals surface area (Å²) in [7, 11) is -2.24. The number of carbonyl (C=O) groups is 1. The highest BCUT2D eigenvalue weighted by atomic mass is 32.2. The number of carboxylic acids is 1. The van der Waals surface area contributed by atoms with Gasteiger partial charge in [0.25, 0.3) is 0 Å². The molecule has 0 aliphatic rings. The minimum atomic E-state index is -3.80. The first kappa shape index (κ1) is 17.0. The van der Waals surface area contributed by atoms with Crippen LogP contribution in [0.2, 0.25) is 0 Å². The lowest BCUT2D eigenvalue weighted by molar-refractivity contribution is -0.136. The predicted molar refractivity (Wildman–Crippen MR) is 84.8 cm³/mol. The van der Waals surface area contributed by atoms with Crippen LogP contribution in [-0.2, 0) is 27.8 Å². The summed E-state index contributed by atoms with van der Waals surface area (Å²) in [5, 5.41) is 8.89. The number of benzene rings is 2. The Morgan fingerprint density at radius 2 is 1.78 bits per heavy atom. The molecule has 0 aliphatic heterocycles. The van der Waals surface area contributed by atoms with Gasteiger partial charge in [-0.05, 0) is 29.3 Å². The van der Waals surface area contributed by atoms with E-state index in [-0.39, 0.29) is 23.4 Å². The fraction of sp³-hybridized carbons (Fsp3) is 0.188. The van der Waals surface area contributed by atoms with Gasteiger partial charge < -0.3 is 9.84 Å². The maximum atomic E-state index is 12.4. The lowest BCUT2D eigenvalue weighted by Crippen LogP contribution is -2.24. The Hall–Kier alpha value is -2.38. The van der Waals surface area contributed by atoms with Gasteiger partial charge in [0, 0.05) is 6.54 Å². The summed E-state index contributed by atoms with van der Waals surface area (Å²) in [5.74, 6) is -0.397. The van der Waals surface area contributed by atoms with Crippen LogP contribution >= 0.6 is 0 Å². The maximum absolute atomic E-state index is 12.4. The summed E-state index contributed by atoms with van der Waals surface area (Å²) in [5.41, 5.74) is 1.02. The van der Waals surface area contributed by atoms with E-state index in [0.29, 0.717) is 5.75 Å². The normalized spacial score (nSPS) is 11.2. The number of nitrogens with one attached hydrogen (secondary N) is 1. The summed E-state index contributed by atoms with van der Waals surface area (Å²) in [6, 6.07) is 13.1. The highest BCUT2D eigenvalue weighted by molar-refractivity contribution is 7.89. The third-order valence-electron chi connectivity index (χ3n) is 3.23. The van der Waals surface area contributed by atoms with Crippen LogP contribution < -0.4 is 9.46 Å². The van der Waals surface area contributed by atoms with Crippen LogP contribution in [0.1, 0.15) is 11.1 Å². The molecule has 6 nitrogen and oxygen atoms in total. The zero-order valence-corrected chi connectivity index (χ0v) is 13.3. The van der Waals surface area contributed by atoms with Gasteiger partial charge in [0.1, 0.15) is 5.75 Å². The van der Waals surface area contributed by atoms with E-state index < -0.39 is 16.0 Å². The van der Waals surface area contributed by atoms with Crippen molar-refractivity contribution in [1.82, 2.24) is 4.72 Å². The molecule has 0 aromatic heterocycles. The van der Waals surface area contributed by atoms with Crippen molar-refractivity contribution in [2.24, 2.45) is 0 Å². The standard InChI is InChI=1S/C16H17NO5S/c1-22-14-8-6-12(7-9-14)11-17-23(20,21)15-5-3-2-4-13(15)10-16(18)19/h2-9,17H,10-11H2,1H3,(H,18,19). The van der Waals surface area contributed by atoms with E-state index in [9.17, 15) is 13.2 Å². The number of sulfonamides is 1. The second-order valence-corrected chi connectivity index (χ2v) is 6.59. The molecule has 0 saturated carbocycles. The van der Waals surface area contributed by atoms with E-state index in [2.05, 4.69) is 4.72 Å². The minimum Gasteiger partial charge on any atom is -0.497 e. The van der Waals surface area contributed by atoms with Crippen LogP contribution in [0.3, 0.4) is 0 Å². The van der Waals surface area contributed by atoms with Gasteiger partial charge in [-0.3, -0.25) is 4.79 Å². The van der Waals surface area contributed by atoms with Gasteiger partial charge in [0.15, 0.2) is 0 Å². The third kappa shape index (κ3) is 4.54. The Balaban J connectivity index is 2.16. The first-order valence-electron chi connectivity index (χ1n) is 6.84. The largest absolute Gasteiger partial charge is 0.497 e. The van der Waals surface area contributed by atoms with Gasteiger partial charge in [0.2, 0.25) is 10.0 Å². The molecule has 0 spiro atoms. The second-order valence-electron chi connectivity index (χ2n) is 4.85. The minimum absolute atomic E-state index is 0.0177. The SMILES string of the molecule is COc1ccc(CNS(=O)(=O)c2ccccc2CC(=O)O)cc1. The average Bonchev–Trinajstić information content (AvgIpc) is 2.53. The Morgan fingerprint density at radius 3 is 2.39 bits per heavy atom. The van der Waals surface area contributed by atoms with Crippen molar-refractivity contribution in [2.75, 3.05) is 7.11 Å². The summed E-state index contributed by atoms with van der Waals surface area (Å²) >= 11 is 0. The summed E-state index contributed by atoms with van der Waals surface area (Å²) in [6.45, 7) is 0.105. The molecule has 0 amide bonds. The van der Waals surface area contributed by atoms with Gasteiger partial charge in [-0.2, -0.15) is 0 Å². The van der Waals surface area contributed by atoms with Crippen LogP contribution in [0.15, 0.2) is 53.4 Å². The lowest BCUT2D eigenvalue weighted by atomic mass is 10.1. The molecule has 2 aromatic rings. The smallest absolute Gasteiger partial charge is 0.307 e. The molecule has 0 heterocycles. The maximum Gasteiger partial charge on any atom is 0.307 e. The van der Waals surface area contributed by atoms with E-state index in [1.807, 2.05) is 0 Å². The zero-order chi connectivity index (χ0) is 16.9. The molecule has 0 bridgehead atoms. The summed E-state index contributed by atoms with van der Waals surface area (Å²) < 4.78 is 32.3. The van der Waals surface area contributed by atoms with E-state index in [4.69, 9.17) is 9.84 Å². The fourth-order valence-corrected chi connectivity index (χ4v) is 3.33. The van der Waals surface area contributed by atoms with E-state index in [1.54, 1.807) is 43.5 Å². The monoisotopic (exact) mass is 335 g/mol. The van der Waals surface area contributed by atoms with Gasteiger partial charge in [-0.25, -0.2) is 13.1 Å². The first-order chi connectivity index (χ1) is 10.9. The van der Waals surface area contributed by atoms with Crippen molar-refractivity contribution >= 4 is 16.0 Å². The molecule has 2 rings (SSSR count). The van der Waals surface area contributed by atoms with Crippen LogP contribution in [0.25, 0.3) is 0 Å². The molecule has 2 aromatic carbocycles. The van der Waals surface area contributed by atoms with Crippen LogP contribution in [0.5, 0.6) is 5.75 Å². The molecule has 23 heavy (non-hydrogen) atoms. The van der Waals surface area contributed by atoms with E-state index in [0.717, 1.165) is 5.56 Å². The predicted octanol–water partition coefficient (Wildman–Crippen LogP) is 1.80. The Bertz CT molecular complexity index is 784. The topological polar surface area (TPSA) is 92.7 Å². The second kappa shape index (κ2) is 7.26. The van der Waals surface area contributed by atoms with Gasteiger partial charge in [-0.15, -0.1) is 0 Å². The number of methoxy groups -OCH3 is 1. The summed E-state index contributed by atoms with van der Waals surface area (Å²) in [4.78, 5) is 10.8. The Kier molecular flexibility index (Phi) is 5.36. The molecule has 0 radical (unpaired) electrons. The molecule has 2 N–H and O–H groups in total. The van der Waals surface area contributed by atoms with Crippen molar-refractivity contribution in [3.8, 4) is 5.75 Å². The lowest BCUT2D eigenvalue weighted by Gasteiger charge is -2.10. The Labute approximate surface area is 134 Å². The van der Waals surface area contributed by atoms with Gasteiger partial charge >= 0.3 is 5.97 Å². The molecule has 7 heteroatoms. The molecule has 0 saturated heterocycles. The highest BCUT2D eigenvalue weighted by Gasteiger charge is 2.19. The van der Waals surface area contributed by atoms with Crippen LogP contribution in [0, 0.1) is 0 Å². The van der Waals surface area contributed by atoms with Gasteiger partial charge in [0.05, 0.1) is 18.4 Å². The number of hydrogen-bond acceptors (Lipinski definition) is 4. The molecule has 122 valence electrons. The number of ether oxygens (including phenoxy) is 1. The van der Waals surface area contributed by atoms with E-state index in [1.165, 1.54) is 12.1 Å². The van der Waals surface area contributed by atoms with Crippen LogP contribution in [-0.4, -0.2) is 26.6 Å². The van der Waals surface area contributed by atoms with Crippen LogP contribution in [0.4, 0.5) is 0 Å². The van der Waals surface area contributed by atoms with Crippen molar-refractivity contribution in [1.29, 1.82) is 0 Å². The summed E-state index contributed by atoms with van der Waals surface area (Å²) in [6.07, 6.45) is -0.348. The molecule has 0 fully saturated rings. The number of aliphatic carboxylic acids is 1. The molecular formula is C16H17NO5S. The molecular weight excluding hydrogens is 318 g/mol. The van der Waals surface area contributed by atoms with Crippen molar-refractivity contribution in [3.05, 3.63) is 59.7 Å². The third-order valence-corrected chi connectivity index (χ3v) is 4.73. The zero-order valence-electron chi connectivity index (χ0n) is 12.5. The molecule has 0 atom stereocenters. The van der Waals surface area contributed by atoms with Gasteiger partial charge in [-0.1, -0.05) is 30.3 Å². The van der Waals surface area contributed by atoms with E-state index >= 15 is 0 Å². The number of carboxylic acid groups (broad SMARTS) is 1. The first-order valence-corrected chi connectivity index (χ1v) is 8.33. The highest BCUT2D eigenvalue weighted by Crippen LogP contribution is 2.17. The number of hydrogen-bond donors (Lipinski definition) is 2. The molecule has 0 unspecified atom stereocenters. The average molecular weight is 335 g/mol. The quantitative estimate of drug-likeness (QED) is 0.805. The van der Waals surface area contributed by atoms with Crippen molar-refractivity contribution < 1.29 is 23.1 Å².